The minimum Gasteiger partial charge on any atom is -0.356 e. The molecule has 0 unspecified atom stereocenters. The van der Waals surface area contributed by atoms with Gasteiger partial charge in [-0.2, -0.15) is 0 Å². The van der Waals surface area contributed by atoms with Crippen LogP contribution in [0.5, 0.6) is 0 Å². The molecule has 0 aromatic heterocycles. The molecule has 0 aliphatic carbocycles. The average molecular weight is 145 g/mol. The van der Waals surface area contributed by atoms with Crippen LogP contribution in [-0.2, 0) is 4.79 Å². The summed E-state index contributed by atoms with van der Waals surface area (Å²) in [7, 11) is 1.61. The lowest BCUT2D eigenvalue weighted by atomic mass is 10.6. The molecule has 0 bridgehead atoms. The second-order valence-electron chi connectivity index (χ2n) is 1.37. The summed E-state index contributed by atoms with van der Waals surface area (Å²) in [6.45, 7) is 2.04. The van der Waals surface area contributed by atoms with Gasteiger partial charge in [-0.25, -0.2) is 0 Å². The van der Waals surface area contributed by atoms with Crippen molar-refractivity contribution in [2.75, 3.05) is 12.8 Å². The van der Waals surface area contributed by atoms with E-state index < -0.39 is 0 Å². The van der Waals surface area contributed by atoms with Crippen molar-refractivity contribution in [3.63, 3.8) is 0 Å². The summed E-state index contributed by atoms with van der Waals surface area (Å²) in [6.07, 6.45) is 1.52. The van der Waals surface area contributed by atoms with Crippen LogP contribution >= 0.6 is 11.8 Å². The first-order valence-corrected chi connectivity index (χ1v) is 3.86. The highest BCUT2D eigenvalue weighted by Gasteiger charge is 1.84. The van der Waals surface area contributed by atoms with Crippen molar-refractivity contribution in [1.29, 1.82) is 0 Å². The van der Waals surface area contributed by atoms with Gasteiger partial charge in [0.05, 0.1) is 0 Å². The number of hydrogen-bond donors (Lipinski definition) is 1. The third-order valence-electron chi connectivity index (χ3n) is 0.729. The molecule has 0 aliphatic heterocycles. The Hall–Kier alpha value is -0.440. The number of amides is 1. The molecule has 2 nitrogen and oxygen atoms in total. The predicted molar refractivity (Wildman–Crippen MR) is 41.3 cm³/mol. The Kier molecular flexibility index (Phi) is 5.41. The molecule has 3 heteroatoms. The molecule has 0 saturated heterocycles. The maximum Gasteiger partial charge on any atom is 0.244 e. The Labute approximate surface area is 59.7 Å². The number of nitrogens with one attached hydrogen (secondary N) is 1. The number of likely N-dealkylation sites (N-methyl/N-ethyl adjacent to an activating group) is 1. The zero-order valence-electron chi connectivity index (χ0n) is 5.68. The van der Waals surface area contributed by atoms with Crippen LogP contribution < -0.4 is 5.32 Å². The quantitative estimate of drug-likeness (QED) is 0.600. The van der Waals surface area contributed by atoms with Crippen molar-refractivity contribution in [3.8, 4) is 0 Å². The average Bonchev–Trinajstić information content (AvgIpc) is 1.89. The fourth-order valence-corrected chi connectivity index (χ4v) is 0.702. The van der Waals surface area contributed by atoms with E-state index in [-0.39, 0.29) is 5.91 Å². The molecule has 0 aromatic carbocycles. The second kappa shape index (κ2) is 5.69. The number of carbonyl (C=O) groups is 1. The van der Waals surface area contributed by atoms with E-state index in [1.54, 1.807) is 24.2 Å². The van der Waals surface area contributed by atoms with Crippen LogP contribution in [0.4, 0.5) is 0 Å². The zero-order valence-corrected chi connectivity index (χ0v) is 6.49. The van der Waals surface area contributed by atoms with Gasteiger partial charge in [-0.1, -0.05) is 6.92 Å². The van der Waals surface area contributed by atoms with Crippen molar-refractivity contribution in [2.45, 2.75) is 6.92 Å². The largest absolute Gasteiger partial charge is 0.356 e. The Balaban J connectivity index is 3.32. The van der Waals surface area contributed by atoms with Gasteiger partial charge in [0.2, 0.25) is 5.91 Å². The first-order chi connectivity index (χ1) is 4.31. The SMILES string of the molecule is CCSC=CC(=O)NC. The van der Waals surface area contributed by atoms with Gasteiger partial charge < -0.3 is 5.32 Å². The molecule has 0 spiro atoms. The summed E-state index contributed by atoms with van der Waals surface area (Å²) in [5, 5.41) is 4.28. The van der Waals surface area contributed by atoms with Gasteiger partial charge in [0, 0.05) is 13.1 Å². The summed E-state index contributed by atoms with van der Waals surface area (Å²) in [4.78, 5) is 10.5. The normalized spacial score (nSPS) is 10.0. The summed E-state index contributed by atoms with van der Waals surface area (Å²) in [5.74, 6) is 0.962. The van der Waals surface area contributed by atoms with Gasteiger partial charge in [-0.05, 0) is 11.2 Å². The van der Waals surface area contributed by atoms with Crippen LogP contribution in [0.15, 0.2) is 11.5 Å². The molecule has 9 heavy (non-hydrogen) atoms. The summed E-state index contributed by atoms with van der Waals surface area (Å²) in [6, 6.07) is 0. The van der Waals surface area contributed by atoms with E-state index in [4.69, 9.17) is 0 Å². The third-order valence-corrected chi connectivity index (χ3v) is 1.39. The molecule has 0 radical (unpaired) electrons. The van der Waals surface area contributed by atoms with Crippen LogP contribution in [0, 0.1) is 0 Å². The van der Waals surface area contributed by atoms with Crippen molar-refractivity contribution >= 4 is 17.7 Å². The van der Waals surface area contributed by atoms with E-state index in [0.29, 0.717) is 0 Å². The molecular formula is C6H11NOS. The Bertz CT molecular complexity index is 112. The van der Waals surface area contributed by atoms with Crippen molar-refractivity contribution in [3.05, 3.63) is 11.5 Å². The minimum atomic E-state index is -0.0454. The van der Waals surface area contributed by atoms with Gasteiger partial charge in [0.25, 0.3) is 0 Å². The fourth-order valence-electron chi connectivity index (χ4n) is 0.289. The molecular weight excluding hydrogens is 134 g/mol. The second-order valence-corrected chi connectivity index (χ2v) is 2.56. The lowest BCUT2D eigenvalue weighted by molar-refractivity contribution is -0.116. The Morgan fingerprint density at radius 3 is 2.89 bits per heavy atom. The van der Waals surface area contributed by atoms with Crippen LogP contribution in [0.2, 0.25) is 0 Å². The van der Waals surface area contributed by atoms with Crippen LogP contribution in [0.25, 0.3) is 0 Å². The molecule has 0 aromatic rings. The predicted octanol–water partition coefficient (Wildman–Crippen LogP) is 0.999. The van der Waals surface area contributed by atoms with E-state index in [0.717, 1.165) is 5.75 Å². The van der Waals surface area contributed by atoms with E-state index in [2.05, 4.69) is 5.32 Å². The Morgan fingerprint density at radius 2 is 2.44 bits per heavy atom. The highest BCUT2D eigenvalue weighted by atomic mass is 32.2. The molecule has 1 amide bonds. The molecule has 52 valence electrons. The highest BCUT2D eigenvalue weighted by molar-refractivity contribution is 8.02. The highest BCUT2D eigenvalue weighted by Crippen LogP contribution is 1.98. The van der Waals surface area contributed by atoms with Gasteiger partial charge in [-0.15, -0.1) is 11.8 Å². The number of rotatable bonds is 3. The van der Waals surface area contributed by atoms with Crippen molar-refractivity contribution in [2.24, 2.45) is 0 Å². The fraction of sp³-hybridized carbons (Fsp3) is 0.500. The first-order valence-electron chi connectivity index (χ1n) is 2.81. The number of hydrogen-bond acceptors (Lipinski definition) is 2. The zero-order chi connectivity index (χ0) is 7.11. The summed E-state index contributed by atoms with van der Waals surface area (Å²) < 4.78 is 0. The number of carbonyl (C=O) groups excluding carboxylic acids is 1. The first kappa shape index (κ1) is 8.56. The third kappa shape index (κ3) is 5.43. The molecule has 0 fully saturated rings. The maximum absolute atomic E-state index is 10.5. The molecule has 0 atom stereocenters. The van der Waals surface area contributed by atoms with Crippen LogP contribution in [0.1, 0.15) is 6.92 Å². The van der Waals surface area contributed by atoms with Gasteiger partial charge in [0.15, 0.2) is 0 Å². The molecule has 0 rings (SSSR count). The van der Waals surface area contributed by atoms with Crippen LogP contribution in [-0.4, -0.2) is 18.7 Å². The molecule has 0 aliphatic rings. The van der Waals surface area contributed by atoms with E-state index >= 15 is 0 Å². The molecule has 0 saturated carbocycles. The molecule has 0 heterocycles. The van der Waals surface area contributed by atoms with Gasteiger partial charge in [0.1, 0.15) is 0 Å². The summed E-state index contributed by atoms with van der Waals surface area (Å²) in [5.41, 5.74) is 0. The van der Waals surface area contributed by atoms with Crippen LogP contribution in [0.3, 0.4) is 0 Å². The van der Waals surface area contributed by atoms with Crippen molar-refractivity contribution < 1.29 is 4.79 Å². The lowest BCUT2D eigenvalue weighted by Gasteiger charge is -1.87. The smallest absolute Gasteiger partial charge is 0.244 e. The van der Waals surface area contributed by atoms with Gasteiger partial charge in [-0.3, -0.25) is 4.79 Å². The number of thioether (sulfide) groups is 1. The van der Waals surface area contributed by atoms with E-state index in [9.17, 15) is 4.79 Å². The Morgan fingerprint density at radius 1 is 1.78 bits per heavy atom. The maximum atomic E-state index is 10.5. The summed E-state index contributed by atoms with van der Waals surface area (Å²) >= 11 is 1.61. The standard InChI is InChI=1S/C6H11NOS/c1-3-9-5-4-6(8)7-2/h4-5H,3H2,1-2H3,(H,7,8). The topological polar surface area (TPSA) is 29.1 Å². The van der Waals surface area contributed by atoms with Gasteiger partial charge >= 0.3 is 0 Å². The monoisotopic (exact) mass is 145 g/mol. The van der Waals surface area contributed by atoms with E-state index in [1.165, 1.54) is 6.08 Å². The van der Waals surface area contributed by atoms with E-state index in [1.807, 2.05) is 6.92 Å². The molecule has 1 N–H and O–H groups in total. The van der Waals surface area contributed by atoms with Crippen molar-refractivity contribution in [1.82, 2.24) is 5.32 Å². The minimum absolute atomic E-state index is 0.0454. The lowest BCUT2D eigenvalue weighted by Crippen LogP contribution is -2.13.